The fourth-order valence-electron chi connectivity index (χ4n) is 2.37. The summed E-state index contributed by atoms with van der Waals surface area (Å²) in [5.74, 6) is 0.490. The maximum atomic E-state index is 12.7. The Morgan fingerprint density at radius 2 is 2.26 bits per heavy atom. The van der Waals surface area contributed by atoms with Gasteiger partial charge in [0.05, 0.1) is 10.9 Å². The van der Waals surface area contributed by atoms with Crippen LogP contribution < -0.4 is 0 Å². The fraction of sp³-hybridized carbons (Fsp3) is 0.500. The van der Waals surface area contributed by atoms with Crippen LogP contribution >= 0.6 is 34.5 Å². The number of halogens is 2. The van der Waals surface area contributed by atoms with Gasteiger partial charge in [-0.25, -0.2) is 8.42 Å². The van der Waals surface area contributed by atoms with E-state index in [-0.39, 0.29) is 39.0 Å². The first-order chi connectivity index (χ1) is 10.8. The highest BCUT2D eigenvalue weighted by Crippen LogP contribution is 2.39. The van der Waals surface area contributed by atoms with Crippen LogP contribution in [0.5, 0.6) is 0 Å². The van der Waals surface area contributed by atoms with Gasteiger partial charge in [0.15, 0.2) is 11.4 Å². The van der Waals surface area contributed by atoms with Crippen LogP contribution in [0.1, 0.15) is 25.1 Å². The van der Waals surface area contributed by atoms with E-state index in [9.17, 15) is 13.5 Å². The lowest BCUT2D eigenvalue weighted by Gasteiger charge is -2.19. The zero-order valence-corrected chi connectivity index (χ0v) is 15.1. The molecule has 0 aliphatic carbocycles. The second kappa shape index (κ2) is 5.98. The third-order valence-corrected chi connectivity index (χ3v) is 7.24. The van der Waals surface area contributed by atoms with E-state index in [1.54, 1.807) is 0 Å². The van der Waals surface area contributed by atoms with Crippen molar-refractivity contribution in [3.63, 3.8) is 0 Å². The molecule has 1 atom stereocenters. The molecule has 1 aliphatic heterocycles. The van der Waals surface area contributed by atoms with Crippen LogP contribution in [0.15, 0.2) is 15.5 Å². The standard InChI is InChI=1S/C12H13Cl2N3O4S2/c1-2-9-15-11(21-16-9)12(18)3-4-17(6-12)23(19,20)7-5-8(13)22-10(7)14/h5,18H,2-4,6H2,1H3/t12-/m0/s1. The predicted octanol–water partition coefficient (Wildman–Crippen LogP) is 2.28. The highest BCUT2D eigenvalue weighted by Gasteiger charge is 2.47. The average Bonchev–Trinajstić information content (AvgIpc) is 3.18. The number of β-amino-alcohol motifs (C(OH)–C–C–N with tert-alkyl or cyclic N) is 1. The number of hydrogen-bond donors (Lipinski definition) is 1. The Hall–Kier alpha value is -0.710. The van der Waals surface area contributed by atoms with Crippen molar-refractivity contribution in [3.8, 4) is 0 Å². The van der Waals surface area contributed by atoms with Crippen molar-refractivity contribution in [2.45, 2.75) is 30.3 Å². The molecule has 0 unspecified atom stereocenters. The number of sulfonamides is 1. The van der Waals surface area contributed by atoms with Crippen molar-refractivity contribution in [2.24, 2.45) is 0 Å². The molecule has 1 saturated heterocycles. The first-order valence-corrected chi connectivity index (χ1v) is 9.78. The molecule has 0 aromatic carbocycles. The van der Waals surface area contributed by atoms with Gasteiger partial charge in [-0.15, -0.1) is 11.3 Å². The van der Waals surface area contributed by atoms with E-state index >= 15 is 0 Å². The number of aryl methyl sites for hydroxylation is 1. The van der Waals surface area contributed by atoms with E-state index in [2.05, 4.69) is 10.1 Å². The molecule has 1 N–H and O–H groups in total. The maximum absolute atomic E-state index is 12.7. The predicted molar refractivity (Wildman–Crippen MR) is 85.3 cm³/mol. The molecule has 126 valence electrons. The summed E-state index contributed by atoms with van der Waals surface area (Å²) in [4.78, 5) is 4.04. The molecule has 1 fully saturated rings. The Kier molecular flexibility index (Phi) is 4.45. The van der Waals surface area contributed by atoms with Gasteiger partial charge in [0.1, 0.15) is 9.23 Å². The van der Waals surface area contributed by atoms with Gasteiger partial charge < -0.3 is 9.63 Å². The van der Waals surface area contributed by atoms with Crippen LogP contribution in [-0.4, -0.2) is 41.1 Å². The summed E-state index contributed by atoms with van der Waals surface area (Å²) in [6.07, 6.45) is 0.720. The summed E-state index contributed by atoms with van der Waals surface area (Å²) in [6.45, 7) is 1.79. The zero-order chi connectivity index (χ0) is 16.8. The van der Waals surface area contributed by atoms with Crippen molar-refractivity contribution in [1.82, 2.24) is 14.4 Å². The van der Waals surface area contributed by atoms with Gasteiger partial charge in [-0.1, -0.05) is 35.3 Å². The molecule has 3 heterocycles. The van der Waals surface area contributed by atoms with Crippen LogP contribution in [0.25, 0.3) is 0 Å². The molecule has 0 radical (unpaired) electrons. The summed E-state index contributed by atoms with van der Waals surface area (Å²) in [6, 6.07) is 1.31. The van der Waals surface area contributed by atoms with Crippen LogP contribution in [0.4, 0.5) is 0 Å². The second-order valence-electron chi connectivity index (χ2n) is 5.18. The highest BCUT2D eigenvalue weighted by molar-refractivity contribution is 7.89. The average molecular weight is 398 g/mol. The molecule has 3 rings (SSSR count). The molecule has 2 aromatic heterocycles. The van der Waals surface area contributed by atoms with Gasteiger partial charge in [0, 0.05) is 19.4 Å². The van der Waals surface area contributed by atoms with Crippen LogP contribution in [-0.2, 0) is 22.0 Å². The molecular formula is C12H13Cl2N3O4S2. The number of aromatic nitrogens is 2. The summed E-state index contributed by atoms with van der Waals surface area (Å²) in [5.41, 5.74) is -1.50. The summed E-state index contributed by atoms with van der Waals surface area (Å²) in [7, 11) is -3.85. The van der Waals surface area contributed by atoms with E-state index in [0.29, 0.717) is 12.2 Å². The lowest BCUT2D eigenvalue weighted by Crippen LogP contribution is -2.34. The molecule has 7 nitrogen and oxygen atoms in total. The first-order valence-electron chi connectivity index (χ1n) is 6.76. The molecule has 2 aromatic rings. The highest BCUT2D eigenvalue weighted by atomic mass is 35.5. The minimum Gasteiger partial charge on any atom is -0.379 e. The maximum Gasteiger partial charge on any atom is 0.260 e. The number of rotatable bonds is 4. The second-order valence-corrected chi connectivity index (χ2v) is 9.37. The molecule has 0 saturated carbocycles. The van der Waals surface area contributed by atoms with Gasteiger partial charge in [-0.05, 0) is 6.07 Å². The minimum atomic E-state index is -3.85. The van der Waals surface area contributed by atoms with E-state index in [0.717, 1.165) is 15.6 Å². The number of nitrogens with zero attached hydrogens (tertiary/aromatic N) is 3. The Labute approximate surface area is 146 Å². The third-order valence-electron chi connectivity index (χ3n) is 3.64. The largest absolute Gasteiger partial charge is 0.379 e. The van der Waals surface area contributed by atoms with E-state index in [4.69, 9.17) is 27.7 Å². The molecule has 0 spiro atoms. The van der Waals surface area contributed by atoms with Crippen molar-refractivity contribution in [3.05, 3.63) is 26.5 Å². The van der Waals surface area contributed by atoms with Gasteiger partial charge in [-0.2, -0.15) is 9.29 Å². The van der Waals surface area contributed by atoms with Crippen molar-refractivity contribution < 1.29 is 18.0 Å². The quantitative estimate of drug-likeness (QED) is 0.849. The lowest BCUT2D eigenvalue weighted by molar-refractivity contribution is 0.0194. The number of aliphatic hydroxyl groups is 1. The summed E-state index contributed by atoms with van der Waals surface area (Å²) < 4.78 is 31.9. The smallest absolute Gasteiger partial charge is 0.260 e. The SMILES string of the molecule is CCc1noc([C@]2(O)CCN(S(=O)(=O)c3cc(Cl)sc3Cl)C2)n1. The normalized spacial score (nSPS) is 22.8. The van der Waals surface area contributed by atoms with Crippen LogP contribution in [0.3, 0.4) is 0 Å². The lowest BCUT2D eigenvalue weighted by atomic mass is 10.0. The monoisotopic (exact) mass is 397 g/mol. The van der Waals surface area contributed by atoms with Gasteiger partial charge in [0.25, 0.3) is 5.89 Å². The number of thiophene rings is 1. The fourth-order valence-corrected chi connectivity index (χ4v) is 5.97. The Bertz CT molecular complexity index is 835. The van der Waals surface area contributed by atoms with Gasteiger partial charge in [-0.3, -0.25) is 0 Å². The molecule has 0 bridgehead atoms. The Morgan fingerprint density at radius 1 is 1.52 bits per heavy atom. The van der Waals surface area contributed by atoms with Crippen LogP contribution in [0.2, 0.25) is 8.67 Å². The van der Waals surface area contributed by atoms with Crippen molar-refractivity contribution in [2.75, 3.05) is 13.1 Å². The minimum absolute atomic E-state index is 0.0292. The molecule has 23 heavy (non-hydrogen) atoms. The number of hydrogen-bond acceptors (Lipinski definition) is 7. The molecule has 1 aliphatic rings. The third kappa shape index (κ3) is 3.01. The van der Waals surface area contributed by atoms with E-state index in [1.165, 1.54) is 6.07 Å². The topological polar surface area (TPSA) is 96.5 Å². The molecular weight excluding hydrogens is 385 g/mol. The van der Waals surface area contributed by atoms with E-state index < -0.39 is 15.6 Å². The zero-order valence-electron chi connectivity index (χ0n) is 12.0. The molecule has 11 heteroatoms. The Morgan fingerprint density at radius 3 is 2.83 bits per heavy atom. The first kappa shape index (κ1) is 17.1. The van der Waals surface area contributed by atoms with Crippen LogP contribution in [0, 0.1) is 0 Å². The van der Waals surface area contributed by atoms with Crippen molar-refractivity contribution in [1.29, 1.82) is 0 Å². The van der Waals surface area contributed by atoms with E-state index in [1.807, 2.05) is 6.92 Å². The van der Waals surface area contributed by atoms with Gasteiger partial charge >= 0.3 is 0 Å². The van der Waals surface area contributed by atoms with Crippen molar-refractivity contribution >= 4 is 44.6 Å². The van der Waals surface area contributed by atoms with Gasteiger partial charge in [0.2, 0.25) is 10.0 Å². The summed E-state index contributed by atoms with van der Waals surface area (Å²) >= 11 is 12.7. The summed E-state index contributed by atoms with van der Waals surface area (Å²) in [5, 5.41) is 14.4. The molecule has 0 amide bonds. The Balaban J connectivity index is 1.88.